The number of rotatable bonds is 6. The van der Waals surface area contributed by atoms with Gasteiger partial charge in [0.2, 0.25) is 10.0 Å². The number of terminal acetylenes is 1. The average Bonchev–Trinajstić information content (AvgIpc) is 3.26. The second-order valence-corrected chi connectivity index (χ2v) is 9.51. The van der Waals surface area contributed by atoms with Crippen LogP contribution in [-0.2, 0) is 30.2 Å². The summed E-state index contributed by atoms with van der Waals surface area (Å²) < 4.78 is 32.1. The fourth-order valence-corrected chi connectivity index (χ4v) is 4.85. The molecule has 3 aromatic rings. The van der Waals surface area contributed by atoms with E-state index in [9.17, 15) is 18.0 Å². The van der Waals surface area contributed by atoms with Crippen LogP contribution in [0.15, 0.2) is 45.1 Å². The van der Waals surface area contributed by atoms with Crippen molar-refractivity contribution in [2.45, 2.75) is 43.3 Å². The molecule has 0 aliphatic heterocycles. The number of hydrogen-bond donors (Lipinski definition) is 1. The number of benzene rings is 1. The second kappa shape index (κ2) is 6.97. The molecule has 1 fully saturated rings. The molecule has 1 aliphatic rings. The van der Waals surface area contributed by atoms with E-state index in [1.165, 1.54) is 22.8 Å². The molecule has 1 aromatic carbocycles. The van der Waals surface area contributed by atoms with Gasteiger partial charge in [0, 0.05) is 24.3 Å². The molecule has 30 heavy (non-hydrogen) atoms. The van der Waals surface area contributed by atoms with Crippen molar-refractivity contribution in [2.24, 2.45) is 7.05 Å². The van der Waals surface area contributed by atoms with Crippen molar-refractivity contribution in [2.75, 3.05) is 0 Å². The molecular weight excluding hydrogens is 406 g/mol. The minimum absolute atomic E-state index is 0.000678. The lowest BCUT2D eigenvalue weighted by Crippen LogP contribution is -2.40. The highest BCUT2D eigenvalue weighted by molar-refractivity contribution is 7.89. The molecule has 2 heterocycles. The first-order chi connectivity index (χ1) is 14.1. The number of hydrogen-bond acceptors (Lipinski definition) is 5. The van der Waals surface area contributed by atoms with Crippen molar-refractivity contribution < 1.29 is 8.42 Å². The van der Waals surface area contributed by atoms with Gasteiger partial charge in [0.05, 0.1) is 35.1 Å². The quantitative estimate of drug-likeness (QED) is 0.573. The molecule has 0 bridgehead atoms. The Labute approximate surface area is 173 Å². The highest BCUT2D eigenvalue weighted by Crippen LogP contribution is 2.36. The maximum Gasteiger partial charge on any atom is 0.332 e. The van der Waals surface area contributed by atoms with E-state index >= 15 is 0 Å². The molecule has 1 aliphatic carbocycles. The van der Waals surface area contributed by atoms with Gasteiger partial charge in [-0.25, -0.2) is 17.9 Å². The third-order valence-corrected chi connectivity index (χ3v) is 6.87. The highest BCUT2D eigenvalue weighted by Gasteiger charge is 2.41. The summed E-state index contributed by atoms with van der Waals surface area (Å²) in [5, 5.41) is 4.16. The Bertz CT molecular complexity index is 1420. The second-order valence-electron chi connectivity index (χ2n) is 7.83. The monoisotopic (exact) mass is 427 g/mol. The van der Waals surface area contributed by atoms with Gasteiger partial charge in [0.15, 0.2) is 0 Å². The smallest absolute Gasteiger partial charge is 0.282 e. The summed E-state index contributed by atoms with van der Waals surface area (Å²) in [7, 11) is -2.08. The largest absolute Gasteiger partial charge is 0.332 e. The number of fused-ring (bicyclic) bond motifs is 1. The van der Waals surface area contributed by atoms with Gasteiger partial charge in [-0.3, -0.25) is 18.6 Å². The van der Waals surface area contributed by atoms with Gasteiger partial charge in [-0.1, -0.05) is 5.92 Å². The Morgan fingerprint density at radius 1 is 1.27 bits per heavy atom. The van der Waals surface area contributed by atoms with Crippen LogP contribution >= 0.6 is 0 Å². The average molecular weight is 427 g/mol. The number of sulfonamides is 1. The van der Waals surface area contributed by atoms with Gasteiger partial charge < -0.3 is 0 Å². The Balaban J connectivity index is 1.91. The lowest BCUT2D eigenvalue weighted by atomic mass is 10.2. The van der Waals surface area contributed by atoms with E-state index in [1.807, 2.05) is 6.92 Å². The van der Waals surface area contributed by atoms with Crippen LogP contribution in [0.3, 0.4) is 0 Å². The molecule has 0 spiro atoms. The summed E-state index contributed by atoms with van der Waals surface area (Å²) in [6.45, 7) is 1.78. The van der Waals surface area contributed by atoms with Crippen molar-refractivity contribution in [3.8, 4) is 12.3 Å². The van der Waals surface area contributed by atoms with Crippen LogP contribution < -0.4 is 16.0 Å². The fourth-order valence-electron chi connectivity index (χ4n) is 3.36. The summed E-state index contributed by atoms with van der Waals surface area (Å²) in [5.74, 6) is 2.42. The zero-order valence-corrected chi connectivity index (χ0v) is 17.4. The maximum atomic E-state index is 13.1. The lowest BCUT2D eigenvalue weighted by Gasteiger charge is -2.15. The molecule has 0 radical (unpaired) electrons. The van der Waals surface area contributed by atoms with E-state index in [0.29, 0.717) is 11.1 Å². The van der Waals surface area contributed by atoms with E-state index in [1.54, 1.807) is 24.1 Å². The van der Waals surface area contributed by atoms with E-state index in [2.05, 4.69) is 15.7 Å². The van der Waals surface area contributed by atoms with Crippen molar-refractivity contribution >= 4 is 20.9 Å². The van der Waals surface area contributed by atoms with Crippen molar-refractivity contribution in [3.05, 3.63) is 57.0 Å². The van der Waals surface area contributed by atoms with Crippen molar-refractivity contribution in [1.29, 1.82) is 0 Å². The first-order valence-electron chi connectivity index (χ1n) is 9.36. The first-order valence-corrected chi connectivity index (χ1v) is 10.8. The minimum Gasteiger partial charge on any atom is -0.282 e. The Morgan fingerprint density at radius 2 is 2.00 bits per heavy atom. The first kappa shape index (κ1) is 20.1. The molecule has 10 heteroatoms. The van der Waals surface area contributed by atoms with E-state index < -0.39 is 26.8 Å². The van der Waals surface area contributed by atoms with Crippen LogP contribution in [0.4, 0.5) is 0 Å². The highest BCUT2D eigenvalue weighted by atomic mass is 32.2. The predicted octanol–water partition coefficient (Wildman–Crippen LogP) is 0.409. The topological polar surface area (TPSA) is 108 Å². The minimum atomic E-state index is -3.81. The zero-order chi connectivity index (χ0) is 21.7. The number of nitrogens with zero attached hydrogens (tertiary/aromatic N) is 4. The Kier molecular flexibility index (Phi) is 4.67. The van der Waals surface area contributed by atoms with Gasteiger partial charge in [-0.15, -0.1) is 6.42 Å². The zero-order valence-electron chi connectivity index (χ0n) is 16.6. The molecule has 2 aromatic heterocycles. The van der Waals surface area contributed by atoms with Crippen LogP contribution in [0, 0.1) is 12.3 Å². The molecule has 156 valence electrons. The molecular formula is C20H21N5O4S. The third kappa shape index (κ3) is 3.58. The maximum absolute atomic E-state index is 13.1. The summed E-state index contributed by atoms with van der Waals surface area (Å²) in [4.78, 5) is 26.1. The van der Waals surface area contributed by atoms with Crippen LogP contribution in [0.1, 0.15) is 25.3 Å². The van der Waals surface area contributed by atoms with Crippen molar-refractivity contribution in [1.82, 2.24) is 23.6 Å². The van der Waals surface area contributed by atoms with Crippen molar-refractivity contribution in [3.63, 3.8) is 0 Å². The van der Waals surface area contributed by atoms with Gasteiger partial charge in [0.1, 0.15) is 0 Å². The number of aryl methyl sites for hydroxylation is 1. The van der Waals surface area contributed by atoms with Crippen LogP contribution in [-0.4, -0.2) is 32.9 Å². The Hall–Kier alpha value is -3.16. The van der Waals surface area contributed by atoms with Crippen LogP contribution in [0.5, 0.6) is 0 Å². The summed E-state index contributed by atoms with van der Waals surface area (Å²) in [6, 6.07) is 4.14. The third-order valence-electron chi connectivity index (χ3n) is 5.24. The molecule has 9 nitrogen and oxygen atoms in total. The lowest BCUT2D eigenvalue weighted by molar-refractivity contribution is 0.558. The van der Waals surface area contributed by atoms with Gasteiger partial charge >= 0.3 is 5.69 Å². The summed E-state index contributed by atoms with van der Waals surface area (Å²) in [6.07, 6.45) is 10.2. The van der Waals surface area contributed by atoms with E-state index in [0.717, 1.165) is 17.4 Å². The fraction of sp³-hybridized carbons (Fsp3) is 0.350. The molecule has 1 saturated carbocycles. The number of nitrogens with one attached hydrogen (secondary N) is 1. The standard InChI is InChI=1S/C20H21N5O4S/c1-4-9-24-17-6-5-15(30(28,29)22-20(2)7-8-20)10-16(17)18(26)25(19(24)27)13-14-11-21-23(3)12-14/h1,5-6,10-12,22H,7-9,13H2,2-3H3. The SMILES string of the molecule is C#CCn1c(=O)n(Cc2cnn(C)c2)c(=O)c2cc(S(=O)(=O)NC3(C)CC3)ccc21. The molecule has 1 N–H and O–H groups in total. The van der Waals surface area contributed by atoms with E-state index in [4.69, 9.17) is 6.42 Å². The molecule has 4 rings (SSSR count). The summed E-state index contributed by atoms with van der Waals surface area (Å²) >= 11 is 0. The normalized spacial score (nSPS) is 15.2. The summed E-state index contributed by atoms with van der Waals surface area (Å²) in [5.41, 5.74) is -0.635. The van der Waals surface area contributed by atoms with Gasteiger partial charge in [-0.2, -0.15) is 5.10 Å². The van der Waals surface area contributed by atoms with Gasteiger partial charge in [0.25, 0.3) is 5.56 Å². The molecule has 0 unspecified atom stereocenters. The van der Waals surface area contributed by atoms with Crippen LogP contribution in [0.2, 0.25) is 0 Å². The Morgan fingerprint density at radius 3 is 2.60 bits per heavy atom. The van der Waals surface area contributed by atoms with Crippen LogP contribution in [0.25, 0.3) is 10.9 Å². The van der Waals surface area contributed by atoms with E-state index in [-0.39, 0.29) is 23.4 Å². The predicted molar refractivity (Wildman–Crippen MR) is 112 cm³/mol. The molecule has 0 saturated heterocycles. The molecule has 0 amide bonds. The van der Waals surface area contributed by atoms with Gasteiger partial charge in [-0.05, 0) is 38.0 Å². The molecule has 0 atom stereocenters. The number of aromatic nitrogens is 4.